The summed E-state index contributed by atoms with van der Waals surface area (Å²) in [6.45, 7) is 0. The van der Waals surface area contributed by atoms with Crippen molar-refractivity contribution in [1.29, 1.82) is 0 Å². The Balaban J connectivity index is 0. The van der Waals surface area contributed by atoms with E-state index >= 15 is 0 Å². The molecule has 38 valence electrons. The van der Waals surface area contributed by atoms with Crippen molar-refractivity contribution in [2.45, 2.75) is 0 Å². The predicted octanol–water partition coefficient (Wildman–Crippen LogP) is 0.116. The van der Waals surface area contributed by atoms with Crippen molar-refractivity contribution < 1.29 is 31.6 Å². The van der Waals surface area contributed by atoms with Gasteiger partial charge in [-0.25, -0.2) is 9.13 Å². The van der Waals surface area contributed by atoms with E-state index in [9.17, 15) is 0 Å². The van der Waals surface area contributed by atoms with Gasteiger partial charge in [-0.15, -0.1) is 0 Å². The number of hydrogen-bond donors (Lipinski definition) is 0. The molecule has 0 N–H and O–H groups in total. The molecule has 4 nitrogen and oxygen atoms in total. The molecule has 6 heavy (non-hydrogen) atoms. The van der Waals surface area contributed by atoms with E-state index < -0.39 is 23.2 Å². The summed E-state index contributed by atoms with van der Waals surface area (Å²) in [6, 6.07) is 0. The molecule has 0 aromatic heterocycles. The van der Waals surface area contributed by atoms with Crippen molar-refractivity contribution in [1.82, 2.24) is 0 Å². The number of rotatable bonds is 0. The van der Waals surface area contributed by atoms with Crippen molar-refractivity contribution in [3.05, 3.63) is 0 Å². The van der Waals surface area contributed by atoms with Crippen LogP contribution >= 0.6 is 8.34 Å². The van der Waals surface area contributed by atoms with Crippen LogP contribution in [0.3, 0.4) is 0 Å². The average Bonchev–Trinajstić information content (AvgIpc) is 1.39. The second-order valence-corrected chi connectivity index (χ2v) is 0.493. The Morgan fingerprint density at radius 2 is 1.17 bits per heavy atom. The summed E-state index contributed by atoms with van der Waals surface area (Å²) in [7, 11) is -1.42. The molecule has 0 aliphatic heterocycles. The Bertz CT molecular complexity index is 61.5. The normalized spacial score (nSPS) is 4.67. The molecule has 0 aliphatic carbocycles. The first-order valence-corrected chi connectivity index (χ1v) is 2.41. The SMILES string of the molecule is O=[PH]=O.[O]=[Fe]=[O]. The van der Waals surface area contributed by atoms with Gasteiger partial charge in [-0.2, -0.15) is 0 Å². The molecule has 0 aromatic rings. The van der Waals surface area contributed by atoms with Crippen LogP contribution in [-0.2, 0) is 31.6 Å². The van der Waals surface area contributed by atoms with Gasteiger partial charge in [0, 0.05) is 0 Å². The van der Waals surface area contributed by atoms with Crippen molar-refractivity contribution in [3.63, 3.8) is 0 Å². The van der Waals surface area contributed by atoms with Crippen LogP contribution in [0.1, 0.15) is 0 Å². The summed E-state index contributed by atoms with van der Waals surface area (Å²) >= 11 is -1.25. The third-order valence-electron chi connectivity index (χ3n) is 0. The molecule has 0 radical (unpaired) electrons. The van der Waals surface area contributed by atoms with Crippen molar-refractivity contribution >= 4 is 8.34 Å². The van der Waals surface area contributed by atoms with E-state index in [1.165, 1.54) is 0 Å². The zero-order chi connectivity index (χ0) is 5.41. The molecule has 0 amide bonds. The van der Waals surface area contributed by atoms with Gasteiger partial charge in [-0.3, -0.25) is 0 Å². The van der Waals surface area contributed by atoms with Gasteiger partial charge in [0.1, 0.15) is 0 Å². The van der Waals surface area contributed by atoms with E-state index in [1.807, 2.05) is 0 Å². The summed E-state index contributed by atoms with van der Waals surface area (Å²) in [5.74, 6) is 0. The predicted molar refractivity (Wildman–Crippen MR) is 11.1 cm³/mol. The van der Waals surface area contributed by atoms with Crippen molar-refractivity contribution in [2.24, 2.45) is 0 Å². The molecular weight excluding hydrogens is 151 g/mol. The summed E-state index contributed by atoms with van der Waals surface area (Å²) < 4.78 is 33.6. The zero-order valence-corrected chi connectivity index (χ0v) is 4.59. The molecule has 0 atom stereocenters. The third kappa shape index (κ3) is 96600. The molecule has 0 saturated carbocycles. The van der Waals surface area contributed by atoms with E-state index in [4.69, 9.17) is 16.8 Å². The minimum absolute atomic E-state index is 1.25. The average molecular weight is 152 g/mol. The minimum atomic E-state index is -1.42. The standard InChI is InChI=1S/Fe.HO2P.2O/c;1-3-2;;/h;3H;;. The molecule has 0 aromatic carbocycles. The first kappa shape index (κ1) is 9.39. The summed E-state index contributed by atoms with van der Waals surface area (Å²) in [6.07, 6.45) is 0. The van der Waals surface area contributed by atoms with Crippen LogP contribution in [0.5, 0.6) is 0 Å². The summed E-state index contributed by atoms with van der Waals surface area (Å²) in [4.78, 5) is 0. The van der Waals surface area contributed by atoms with Crippen LogP contribution < -0.4 is 0 Å². The Morgan fingerprint density at radius 3 is 1.17 bits per heavy atom. The van der Waals surface area contributed by atoms with Gasteiger partial charge in [0.2, 0.25) is 0 Å². The molecule has 0 heterocycles. The maximum absolute atomic E-state index is 8.40. The van der Waals surface area contributed by atoms with Crippen LogP contribution in [0, 0.1) is 0 Å². The maximum atomic E-state index is 8.40. The van der Waals surface area contributed by atoms with Gasteiger partial charge >= 0.3 is 30.8 Å². The van der Waals surface area contributed by atoms with Gasteiger partial charge in [0.25, 0.3) is 0 Å². The Morgan fingerprint density at radius 1 is 1.17 bits per heavy atom. The second kappa shape index (κ2) is 19.9. The molecule has 0 bridgehead atoms. The fourth-order valence-corrected chi connectivity index (χ4v) is 0. The number of hydrogen-bond acceptors (Lipinski definition) is 4. The zero-order valence-electron chi connectivity index (χ0n) is 2.49. The van der Waals surface area contributed by atoms with Gasteiger partial charge in [-0.1, -0.05) is 0 Å². The molecule has 0 aliphatic rings. The Kier molecular flexibility index (Phi) is 31.1. The molecule has 0 fully saturated rings. The molecule has 0 unspecified atom stereocenters. The van der Waals surface area contributed by atoms with Crippen LogP contribution in [0.25, 0.3) is 0 Å². The van der Waals surface area contributed by atoms with Crippen molar-refractivity contribution in [3.8, 4) is 0 Å². The molecule has 6 heteroatoms. The summed E-state index contributed by atoms with van der Waals surface area (Å²) in [5, 5.41) is 0. The topological polar surface area (TPSA) is 68.3 Å². The van der Waals surface area contributed by atoms with Crippen LogP contribution in [0.4, 0.5) is 0 Å². The van der Waals surface area contributed by atoms with E-state index in [2.05, 4.69) is 0 Å². The first-order valence-electron chi connectivity index (χ1n) is 0.697. The van der Waals surface area contributed by atoms with Gasteiger partial charge in [0.15, 0.2) is 0 Å². The summed E-state index contributed by atoms with van der Waals surface area (Å²) in [5.41, 5.74) is 0. The third-order valence-corrected chi connectivity index (χ3v) is 0. The fourth-order valence-electron chi connectivity index (χ4n) is 0. The Labute approximate surface area is 40.7 Å². The van der Waals surface area contributed by atoms with E-state index in [0.717, 1.165) is 0 Å². The van der Waals surface area contributed by atoms with Crippen LogP contribution in [0.2, 0.25) is 0 Å². The van der Waals surface area contributed by atoms with E-state index in [0.29, 0.717) is 0 Å². The van der Waals surface area contributed by atoms with Crippen molar-refractivity contribution in [2.75, 3.05) is 0 Å². The van der Waals surface area contributed by atoms with Crippen LogP contribution in [-0.4, -0.2) is 0 Å². The Hall–Kier alpha value is 0.0195. The fraction of sp³-hybridized carbons (Fsp3) is 0. The van der Waals surface area contributed by atoms with Gasteiger partial charge in [0.05, 0.1) is 0 Å². The first-order chi connectivity index (χ1) is 2.83. The monoisotopic (exact) mass is 152 g/mol. The molecular formula is HFeO4P. The molecule has 0 saturated heterocycles. The second-order valence-electron chi connectivity index (χ2n) is 0.142. The van der Waals surface area contributed by atoms with Gasteiger partial charge < -0.3 is 0 Å². The van der Waals surface area contributed by atoms with E-state index in [-0.39, 0.29) is 0 Å². The molecule has 0 rings (SSSR count). The van der Waals surface area contributed by atoms with E-state index in [1.54, 1.807) is 0 Å². The quantitative estimate of drug-likeness (QED) is 0.364. The van der Waals surface area contributed by atoms with Crippen LogP contribution in [0.15, 0.2) is 0 Å². The molecule has 0 spiro atoms. The van der Waals surface area contributed by atoms with Gasteiger partial charge in [-0.05, 0) is 0 Å².